The van der Waals surface area contributed by atoms with E-state index in [9.17, 15) is 13.2 Å². The van der Waals surface area contributed by atoms with Gasteiger partial charge in [-0.1, -0.05) is 53.8 Å². The second kappa shape index (κ2) is 8.34. The number of carbonyl (C=O) groups is 1. The minimum Gasteiger partial charge on any atom is -0.487 e. The largest absolute Gasteiger partial charge is 0.487 e. The van der Waals surface area contributed by atoms with E-state index < -0.39 is 9.84 Å². The maximum atomic E-state index is 12.2. The van der Waals surface area contributed by atoms with E-state index >= 15 is 0 Å². The number of amides is 1. The number of aromatic nitrogens is 1. The van der Waals surface area contributed by atoms with Gasteiger partial charge in [-0.2, -0.15) is 0 Å². The molecule has 0 unspecified atom stereocenters. The van der Waals surface area contributed by atoms with Crippen molar-refractivity contribution in [1.29, 1.82) is 0 Å². The summed E-state index contributed by atoms with van der Waals surface area (Å²) < 4.78 is 30.2. The number of carbonyl (C=O) groups excluding carboxylic acids is 1. The molecule has 4 rings (SSSR count). The molecule has 2 heterocycles. The highest BCUT2D eigenvalue weighted by molar-refractivity contribution is 7.90. The fourth-order valence-corrected chi connectivity index (χ4v) is 5.51. The van der Waals surface area contributed by atoms with Crippen LogP contribution in [0.4, 0.5) is 5.13 Å². The van der Waals surface area contributed by atoms with E-state index in [4.69, 9.17) is 4.74 Å². The van der Waals surface area contributed by atoms with E-state index in [0.29, 0.717) is 11.7 Å². The molecule has 0 aliphatic carbocycles. The van der Waals surface area contributed by atoms with Crippen LogP contribution in [0, 0.1) is 0 Å². The number of anilines is 1. The van der Waals surface area contributed by atoms with Crippen LogP contribution in [-0.4, -0.2) is 25.1 Å². The molecule has 150 valence electrons. The van der Waals surface area contributed by atoms with Crippen LogP contribution >= 0.6 is 11.3 Å². The Labute approximate surface area is 173 Å². The second-order valence-corrected chi connectivity index (χ2v) is 10.1. The van der Waals surface area contributed by atoms with Gasteiger partial charge in [0.15, 0.2) is 15.0 Å². The predicted octanol–water partition coefficient (Wildman–Crippen LogP) is 4.04. The summed E-state index contributed by atoms with van der Waals surface area (Å²) in [6.45, 7) is 0.428. The number of fused-ring (bicyclic) bond motifs is 3. The predicted molar refractivity (Wildman–Crippen MR) is 114 cm³/mol. The van der Waals surface area contributed by atoms with Crippen LogP contribution in [0.3, 0.4) is 0 Å². The fraction of sp³-hybridized carbons (Fsp3) is 0.238. The van der Waals surface area contributed by atoms with Crippen molar-refractivity contribution in [3.63, 3.8) is 0 Å². The highest BCUT2D eigenvalue weighted by atomic mass is 32.2. The van der Waals surface area contributed by atoms with Gasteiger partial charge >= 0.3 is 0 Å². The Balaban J connectivity index is 1.31. The molecule has 0 atom stereocenters. The molecule has 1 aliphatic heterocycles. The lowest BCUT2D eigenvalue weighted by Gasteiger charge is -2.15. The van der Waals surface area contributed by atoms with E-state index in [-0.39, 0.29) is 30.3 Å². The maximum Gasteiger partial charge on any atom is 0.226 e. The number of nitrogens with one attached hydrogen (secondary N) is 1. The van der Waals surface area contributed by atoms with Gasteiger partial charge in [0.25, 0.3) is 0 Å². The number of hydrogen-bond acceptors (Lipinski definition) is 6. The molecule has 2 aromatic carbocycles. The van der Waals surface area contributed by atoms with Crippen molar-refractivity contribution in [3.05, 3.63) is 65.0 Å². The molecule has 0 saturated carbocycles. The number of ether oxygens (including phenoxy) is 1. The van der Waals surface area contributed by atoms with Crippen molar-refractivity contribution < 1.29 is 17.9 Å². The monoisotopic (exact) mass is 428 g/mol. The van der Waals surface area contributed by atoms with E-state index in [2.05, 4.69) is 10.3 Å². The van der Waals surface area contributed by atoms with Gasteiger partial charge in [0.1, 0.15) is 12.4 Å². The van der Waals surface area contributed by atoms with Crippen LogP contribution in [-0.2, 0) is 27.0 Å². The summed E-state index contributed by atoms with van der Waals surface area (Å²) in [5.74, 6) is 0.519. The van der Waals surface area contributed by atoms with Gasteiger partial charge in [0, 0.05) is 12.0 Å². The lowest BCUT2D eigenvalue weighted by molar-refractivity contribution is -0.116. The first-order valence-corrected chi connectivity index (χ1v) is 11.9. The Kier molecular flexibility index (Phi) is 5.64. The Hall–Kier alpha value is -2.71. The molecule has 8 heteroatoms. The van der Waals surface area contributed by atoms with Gasteiger partial charge < -0.3 is 10.1 Å². The first-order valence-electron chi connectivity index (χ1n) is 9.26. The molecule has 1 N–H and O–H groups in total. The van der Waals surface area contributed by atoms with Gasteiger partial charge in [0.2, 0.25) is 5.91 Å². The molecule has 1 aliphatic rings. The van der Waals surface area contributed by atoms with Gasteiger partial charge in [-0.15, -0.1) is 0 Å². The maximum absolute atomic E-state index is 12.2. The Morgan fingerprint density at radius 1 is 1.10 bits per heavy atom. The SMILES string of the molecule is O=C(CCCS(=O)(=O)Cc1ccccc1)Nc1nc2c(s1)COc1ccccc1-2. The molecule has 0 fully saturated rings. The highest BCUT2D eigenvalue weighted by Crippen LogP contribution is 2.40. The zero-order valence-corrected chi connectivity index (χ0v) is 17.3. The molecule has 0 saturated heterocycles. The summed E-state index contributed by atoms with van der Waals surface area (Å²) in [6, 6.07) is 16.7. The normalized spacial score (nSPS) is 12.6. The van der Waals surface area contributed by atoms with Crippen molar-refractivity contribution in [3.8, 4) is 17.0 Å². The van der Waals surface area contributed by atoms with Crippen molar-refractivity contribution >= 4 is 32.2 Å². The molecule has 0 bridgehead atoms. The fourth-order valence-electron chi connectivity index (χ4n) is 3.18. The van der Waals surface area contributed by atoms with Crippen LogP contribution in [0.5, 0.6) is 5.75 Å². The van der Waals surface area contributed by atoms with E-state index in [1.165, 1.54) is 11.3 Å². The van der Waals surface area contributed by atoms with Crippen LogP contribution in [0.25, 0.3) is 11.3 Å². The summed E-state index contributed by atoms with van der Waals surface area (Å²) in [6.07, 6.45) is 0.406. The molecular weight excluding hydrogens is 408 g/mol. The Morgan fingerprint density at radius 2 is 1.86 bits per heavy atom. The zero-order valence-electron chi connectivity index (χ0n) is 15.6. The summed E-state index contributed by atoms with van der Waals surface area (Å²) in [5, 5.41) is 3.29. The third-order valence-corrected chi connectivity index (χ3v) is 7.16. The lowest BCUT2D eigenvalue weighted by Crippen LogP contribution is -2.15. The second-order valence-electron chi connectivity index (χ2n) is 6.80. The van der Waals surface area contributed by atoms with E-state index in [1.807, 2.05) is 42.5 Å². The number of sulfone groups is 1. The van der Waals surface area contributed by atoms with Gasteiger partial charge in [0.05, 0.1) is 22.1 Å². The van der Waals surface area contributed by atoms with Crippen LogP contribution < -0.4 is 10.1 Å². The molecule has 0 radical (unpaired) electrons. The minimum atomic E-state index is -3.25. The lowest BCUT2D eigenvalue weighted by atomic mass is 10.1. The zero-order chi connectivity index (χ0) is 20.3. The molecule has 0 spiro atoms. The smallest absolute Gasteiger partial charge is 0.226 e. The van der Waals surface area contributed by atoms with Gasteiger partial charge in [-0.25, -0.2) is 13.4 Å². The van der Waals surface area contributed by atoms with Crippen LogP contribution in [0.2, 0.25) is 0 Å². The molecule has 3 aromatic rings. The molecule has 6 nitrogen and oxygen atoms in total. The summed E-state index contributed by atoms with van der Waals surface area (Å²) >= 11 is 1.38. The van der Waals surface area contributed by atoms with Crippen molar-refractivity contribution in [2.45, 2.75) is 25.2 Å². The highest BCUT2D eigenvalue weighted by Gasteiger charge is 2.22. The number of thiazole rings is 1. The summed E-state index contributed by atoms with van der Waals surface area (Å²) in [7, 11) is -3.25. The first-order chi connectivity index (χ1) is 14.0. The van der Waals surface area contributed by atoms with Crippen molar-refractivity contribution in [2.24, 2.45) is 0 Å². The number of nitrogens with zero attached hydrogens (tertiary/aromatic N) is 1. The van der Waals surface area contributed by atoms with Crippen molar-refractivity contribution in [1.82, 2.24) is 4.98 Å². The minimum absolute atomic E-state index is 0.00588. The molecule has 29 heavy (non-hydrogen) atoms. The standard InChI is InChI=1S/C21H20N2O4S2/c24-19(11-6-12-29(25,26)14-15-7-2-1-3-8-15)22-21-23-20-16-9-4-5-10-17(16)27-13-18(20)28-21/h1-5,7-10H,6,11-14H2,(H,22,23,24). The number of benzene rings is 2. The quantitative estimate of drug-likeness (QED) is 0.614. The summed E-state index contributed by atoms with van der Waals surface area (Å²) in [4.78, 5) is 17.7. The topological polar surface area (TPSA) is 85.4 Å². The Morgan fingerprint density at radius 3 is 2.69 bits per heavy atom. The number of hydrogen-bond donors (Lipinski definition) is 1. The number of rotatable bonds is 7. The van der Waals surface area contributed by atoms with E-state index in [1.54, 1.807) is 12.1 Å². The van der Waals surface area contributed by atoms with Gasteiger partial charge in [-0.05, 0) is 24.1 Å². The Bertz CT molecular complexity index is 1120. The van der Waals surface area contributed by atoms with Crippen molar-refractivity contribution in [2.75, 3.05) is 11.1 Å². The average molecular weight is 429 g/mol. The number of para-hydroxylation sites is 1. The van der Waals surface area contributed by atoms with Gasteiger partial charge in [-0.3, -0.25) is 4.79 Å². The average Bonchev–Trinajstić information content (AvgIpc) is 3.11. The summed E-state index contributed by atoms with van der Waals surface area (Å²) in [5.41, 5.74) is 2.50. The van der Waals surface area contributed by atoms with E-state index in [0.717, 1.165) is 27.4 Å². The first kappa shape index (κ1) is 19.6. The van der Waals surface area contributed by atoms with Crippen LogP contribution in [0.1, 0.15) is 23.3 Å². The van der Waals surface area contributed by atoms with Crippen LogP contribution in [0.15, 0.2) is 54.6 Å². The third kappa shape index (κ3) is 4.83. The third-order valence-electron chi connectivity index (χ3n) is 4.53. The molecular formula is C21H20N2O4S2. The molecule has 1 amide bonds. The molecule has 1 aromatic heterocycles.